The van der Waals surface area contributed by atoms with Gasteiger partial charge in [0.05, 0.1) is 0 Å². The Balaban J connectivity index is 1.65. The third kappa shape index (κ3) is 5.96. The van der Waals surface area contributed by atoms with Gasteiger partial charge in [0.1, 0.15) is 11.6 Å². The van der Waals surface area contributed by atoms with E-state index in [1.54, 1.807) is 12.3 Å². The molecule has 0 aliphatic carbocycles. The zero-order valence-corrected chi connectivity index (χ0v) is 16.9. The summed E-state index contributed by atoms with van der Waals surface area (Å²) in [6.07, 6.45) is -0.916. The van der Waals surface area contributed by atoms with E-state index in [0.29, 0.717) is 12.5 Å². The molecule has 0 spiro atoms. The minimum absolute atomic E-state index is 0.186. The number of halogens is 3. The molecule has 0 N–H and O–H groups in total. The standard InChI is InChI=1S/C20H26F3N5O/c1-26(2)18-9-10-24-19(25-18)27(3)16-7-5-11-28(14-16)13-15-6-4-8-17(12-15)29-20(21,22)23/h4,6,8-10,12,16H,5,7,11,13-14H2,1-3H3. The Hall–Kier alpha value is -2.55. The number of rotatable bonds is 6. The number of piperidine rings is 1. The molecule has 0 radical (unpaired) electrons. The minimum Gasteiger partial charge on any atom is -0.406 e. The molecule has 1 saturated heterocycles. The van der Waals surface area contributed by atoms with E-state index in [4.69, 9.17) is 0 Å². The maximum absolute atomic E-state index is 12.5. The number of nitrogens with zero attached hydrogens (tertiary/aromatic N) is 5. The number of ether oxygens (including phenoxy) is 1. The number of hydrogen-bond donors (Lipinski definition) is 0. The number of aromatic nitrogens is 2. The number of likely N-dealkylation sites (N-methyl/N-ethyl adjacent to an activating group) is 1. The average molecular weight is 409 g/mol. The summed E-state index contributed by atoms with van der Waals surface area (Å²) >= 11 is 0. The topological polar surface area (TPSA) is 44.7 Å². The van der Waals surface area contributed by atoms with E-state index in [2.05, 4.69) is 24.5 Å². The second-order valence-corrected chi connectivity index (χ2v) is 7.45. The third-order valence-electron chi connectivity index (χ3n) is 4.97. The van der Waals surface area contributed by atoms with Crippen molar-refractivity contribution in [1.82, 2.24) is 14.9 Å². The molecule has 1 aliphatic heterocycles. The van der Waals surface area contributed by atoms with Gasteiger partial charge in [-0.05, 0) is 43.1 Å². The maximum Gasteiger partial charge on any atom is 0.573 e. The van der Waals surface area contributed by atoms with Crippen molar-refractivity contribution in [2.75, 3.05) is 44.0 Å². The molecule has 0 amide bonds. The summed E-state index contributed by atoms with van der Waals surface area (Å²) in [5.41, 5.74) is 0.793. The largest absolute Gasteiger partial charge is 0.573 e. The first-order valence-electron chi connectivity index (χ1n) is 9.51. The molecule has 1 aromatic carbocycles. The molecule has 0 bridgehead atoms. The molecule has 6 nitrogen and oxygen atoms in total. The van der Waals surface area contributed by atoms with E-state index in [0.717, 1.165) is 37.3 Å². The van der Waals surface area contributed by atoms with Crippen molar-refractivity contribution in [3.05, 3.63) is 42.1 Å². The van der Waals surface area contributed by atoms with E-state index < -0.39 is 6.36 Å². The van der Waals surface area contributed by atoms with Crippen LogP contribution in [0, 0.1) is 0 Å². The van der Waals surface area contributed by atoms with Crippen molar-refractivity contribution in [3.8, 4) is 5.75 Å². The van der Waals surface area contributed by atoms with Gasteiger partial charge in [-0.25, -0.2) is 4.98 Å². The van der Waals surface area contributed by atoms with Crippen LogP contribution < -0.4 is 14.5 Å². The van der Waals surface area contributed by atoms with Crippen LogP contribution in [0.25, 0.3) is 0 Å². The van der Waals surface area contributed by atoms with Crippen molar-refractivity contribution in [2.45, 2.75) is 31.8 Å². The van der Waals surface area contributed by atoms with Gasteiger partial charge >= 0.3 is 6.36 Å². The lowest BCUT2D eigenvalue weighted by atomic mass is 10.0. The molecule has 1 unspecified atom stereocenters. The lowest BCUT2D eigenvalue weighted by Gasteiger charge is -2.37. The molecule has 1 aliphatic rings. The molecule has 1 fully saturated rings. The molecule has 1 aromatic heterocycles. The van der Waals surface area contributed by atoms with Gasteiger partial charge in [-0.1, -0.05) is 12.1 Å². The second-order valence-electron chi connectivity index (χ2n) is 7.45. The summed E-state index contributed by atoms with van der Waals surface area (Å²) in [4.78, 5) is 15.3. The van der Waals surface area contributed by atoms with Crippen LogP contribution >= 0.6 is 0 Å². The summed E-state index contributed by atoms with van der Waals surface area (Å²) in [5, 5.41) is 0. The Morgan fingerprint density at radius 1 is 1.21 bits per heavy atom. The minimum atomic E-state index is -4.68. The molecular weight excluding hydrogens is 383 g/mol. The summed E-state index contributed by atoms with van der Waals surface area (Å²) in [6.45, 7) is 2.25. The van der Waals surface area contributed by atoms with Gasteiger partial charge in [-0.3, -0.25) is 4.90 Å². The van der Waals surface area contributed by atoms with Gasteiger partial charge < -0.3 is 14.5 Å². The highest BCUT2D eigenvalue weighted by atomic mass is 19.4. The van der Waals surface area contributed by atoms with E-state index >= 15 is 0 Å². The summed E-state index contributed by atoms with van der Waals surface area (Å²) in [5.74, 6) is 1.33. The number of alkyl halides is 3. The molecule has 158 valence electrons. The van der Waals surface area contributed by atoms with Crippen LogP contribution in [0.1, 0.15) is 18.4 Å². The fourth-order valence-electron chi connectivity index (χ4n) is 3.51. The molecule has 9 heteroatoms. The zero-order valence-electron chi connectivity index (χ0n) is 16.9. The van der Waals surface area contributed by atoms with Gasteiger partial charge in [0.2, 0.25) is 5.95 Å². The quantitative estimate of drug-likeness (QED) is 0.727. The van der Waals surface area contributed by atoms with Crippen LogP contribution in [-0.4, -0.2) is 61.5 Å². The van der Waals surface area contributed by atoms with Crippen molar-refractivity contribution in [1.29, 1.82) is 0 Å². The first kappa shape index (κ1) is 21.2. The molecular formula is C20H26F3N5O. The maximum atomic E-state index is 12.5. The van der Waals surface area contributed by atoms with E-state index in [9.17, 15) is 13.2 Å². The lowest BCUT2D eigenvalue weighted by molar-refractivity contribution is -0.274. The Morgan fingerprint density at radius 2 is 2.00 bits per heavy atom. The van der Waals surface area contributed by atoms with Gasteiger partial charge in [0.15, 0.2) is 0 Å². The average Bonchev–Trinajstić information content (AvgIpc) is 2.66. The lowest BCUT2D eigenvalue weighted by Crippen LogP contribution is -2.46. The second kappa shape index (κ2) is 8.86. The van der Waals surface area contributed by atoms with Crippen LogP contribution in [0.3, 0.4) is 0 Å². The van der Waals surface area contributed by atoms with E-state index in [-0.39, 0.29) is 11.8 Å². The first-order valence-corrected chi connectivity index (χ1v) is 9.51. The highest BCUT2D eigenvalue weighted by molar-refractivity contribution is 5.42. The highest BCUT2D eigenvalue weighted by Gasteiger charge is 2.31. The van der Waals surface area contributed by atoms with Gasteiger partial charge in [-0.2, -0.15) is 4.98 Å². The summed E-state index contributed by atoms with van der Waals surface area (Å²) in [7, 11) is 5.86. The van der Waals surface area contributed by atoms with Gasteiger partial charge in [-0.15, -0.1) is 13.2 Å². The highest BCUT2D eigenvalue weighted by Crippen LogP contribution is 2.25. The monoisotopic (exact) mass is 409 g/mol. The van der Waals surface area contributed by atoms with Crippen molar-refractivity contribution in [3.63, 3.8) is 0 Å². The number of benzene rings is 1. The molecule has 2 aromatic rings. The predicted molar refractivity (Wildman–Crippen MR) is 106 cm³/mol. The van der Waals surface area contributed by atoms with Crippen LogP contribution in [0.15, 0.2) is 36.5 Å². The Kier molecular flexibility index (Phi) is 6.46. The van der Waals surface area contributed by atoms with Crippen LogP contribution in [0.4, 0.5) is 24.9 Å². The van der Waals surface area contributed by atoms with Crippen molar-refractivity contribution >= 4 is 11.8 Å². The molecule has 3 rings (SSSR count). The Morgan fingerprint density at radius 3 is 2.72 bits per heavy atom. The predicted octanol–water partition coefficient (Wildman–Crippen LogP) is 3.54. The molecule has 29 heavy (non-hydrogen) atoms. The van der Waals surface area contributed by atoms with Crippen LogP contribution in [0.5, 0.6) is 5.75 Å². The summed E-state index contributed by atoms with van der Waals surface area (Å²) < 4.78 is 41.4. The smallest absolute Gasteiger partial charge is 0.406 e. The Bertz CT molecular complexity index is 815. The van der Waals surface area contributed by atoms with Crippen molar-refractivity contribution in [2.24, 2.45) is 0 Å². The number of anilines is 2. The summed E-state index contributed by atoms with van der Waals surface area (Å²) in [6, 6.07) is 8.27. The van der Waals surface area contributed by atoms with Crippen molar-refractivity contribution < 1.29 is 17.9 Å². The molecule has 0 saturated carbocycles. The molecule has 1 atom stereocenters. The van der Waals surface area contributed by atoms with Crippen LogP contribution in [-0.2, 0) is 6.54 Å². The SMILES string of the molecule is CN(C)c1ccnc(N(C)C2CCCN(Cc3cccc(OC(F)(F)F)c3)C2)n1. The first-order chi connectivity index (χ1) is 13.7. The fraction of sp³-hybridized carbons (Fsp3) is 0.500. The number of likely N-dealkylation sites (tertiary alicyclic amines) is 1. The van der Waals surface area contributed by atoms with Gasteiger partial charge in [0, 0.05) is 46.5 Å². The fourth-order valence-corrected chi connectivity index (χ4v) is 3.51. The number of hydrogen-bond acceptors (Lipinski definition) is 6. The van der Waals surface area contributed by atoms with E-state index in [1.165, 1.54) is 12.1 Å². The normalized spacial score (nSPS) is 17.8. The zero-order chi connectivity index (χ0) is 21.0. The Labute approximate surface area is 168 Å². The van der Waals surface area contributed by atoms with E-state index in [1.807, 2.05) is 38.2 Å². The third-order valence-corrected chi connectivity index (χ3v) is 4.97. The van der Waals surface area contributed by atoms with Crippen LogP contribution in [0.2, 0.25) is 0 Å². The van der Waals surface area contributed by atoms with Gasteiger partial charge in [0.25, 0.3) is 0 Å². The molecule has 2 heterocycles.